The molecule has 0 aliphatic heterocycles. The first-order valence-corrected chi connectivity index (χ1v) is 8.03. The number of imidazole rings is 1. The monoisotopic (exact) mass is 357 g/mol. The SMILES string of the molecule is CC(=O)[n+]1c(C)c(NC2CCCCC2)n2c(N)cc(Cl)nc21.[Cl-]. The van der Waals surface area contributed by atoms with Gasteiger partial charge >= 0.3 is 5.78 Å². The van der Waals surface area contributed by atoms with Gasteiger partial charge < -0.3 is 23.5 Å². The Kier molecular flexibility index (Phi) is 5.37. The van der Waals surface area contributed by atoms with Crippen LogP contribution >= 0.6 is 11.6 Å². The number of carbonyl (C=O) groups is 1. The molecule has 2 heterocycles. The van der Waals surface area contributed by atoms with Crippen LogP contribution in [-0.2, 0) is 0 Å². The Morgan fingerprint density at radius 3 is 2.70 bits per heavy atom. The lowest BCUT2D eigenvalue weighted by atomic mass is 9.95. The molecule has 0 unspecified atom stereocenters. The zero-order valence-corrected chi connectivity index (χ0v) is 14.8. The number of anilines is 2. The van der Waals surface area contributed by atoms with Crippen molar-refractivity contribution in [3.63, 3.8) is 0 Å². The van der Waals surface area contributed by atoms with Crippen molar-refractivity contribution in [2.75, 3.05) is 11.1 Å². The molecule has 3 rings (SSSR count). The molecule has 2 aromatic rings. The molecule has 1 aliphatic rings. The number of hydrogen-bond donors (Lipinski definition) is 2. The number of rotatable bonds is 2. The van der Waals surface area contributed by atoms with Crippen LogP contribution in [0.3, 0.4) is 0 Å². The molecule has 1 fully saturated rings. The highest BCUT2D eigenvalue weighted by Gasteiger charge is 2.29. The lowest BCUT2D eigenvalue weighted by Gasteiger charge is -2.22. The molecule has 0 saturated heterocycles. The summed E-state index contributed by atoms with van der Waals surface area (Å²) in [5, 5.41) is 3.83. The smallest absolute Gasteiger partial charge is 0.415 e. The van der Waals surface area contributed by atoms with E-state index in [9.17, 15) is 4.79 Å². The summed E-state index contributed by atoms with van der Waals surface area (Å²) in [6, 6.07) is 2.01. The van der Waals surface area contributed by atoms with Crippen molar-refractivity contribution in [2.45, 2.75) is 52.0 Å². The van der Waals surface area contributed by atoms with Crippen LogP contribution in [0.15, 0.2) is 6.07 Å². The maximum absolute atomic E-state index is 12.0. The van der Waals surface area contributed by atoms with Crippen molar-refractivity contribution < 1.29 is 21.8 Å². The summed E-state index contributed by atoms with van der Waals surface area (Å²) in [6.45, 7) is 3.41. The number of hydrogen-bond acceptors (Lipinski definition) is 4. The number of fused-ring (bicyclic) bond motifs is 1. The Labute approximate surface area is 146 Å². The quantitative estimate of drug-likeness (QED) is 0.565. The zero-order valence-electron chi connectivity index (χ0n) is 13.3. The topological polar surface area (TPSA) is 76.3 Å². The highest BCUT2D eigenvalue weighted by atomic mass is 35.5. The maximum Gasteiger partial charge on any atom is 0.415 e. The van der Waals surface area contributed by atoms with E-state index >= 15 is 0 Å². The number of carbonyl (C=O) groups excluding carboxylic acids is 1. The number of aromatic nitrogens is 3. The Hall–Kier alpha value is -1.53. The summed E-state index contributed by atoms with van der Waals surface area (Å²) >= 11 is 6.00. The van der Waals surface area contributed by atoms with Crippen LogP contribution in [0.2, 0.25) is 5.15 Å². The lowest BCUT2D eigenvalue weighted by molar-refractivity contribution is -0.552. The van der Waals surface area contributed by atoms with Crippen LogP contribution in [0, 0.1) is 6.92 Å². The fourth-order valence-corrected chi connectivity index (χ4v) is 3.45. The summed E-state index contributed by atoms with van der Waals surface area (Å²) in [6.07, 6.45) is 6.01. The zero-order chi connectivity index (χ0) is 15.9. The standard InChI is InChI=1S/C15H20ClN5O.ClH/c1-9-14(18-11-6-4-3-5-7-11)21-13(17)8-12(16)19-15(21)20(9)10(2)22;/h8,11,17-18H,3-7H2,1-2H3;1H. The highest BCUT2D eigenvalue weighted by Crippen LogP contribution is 2.26. The van der Waals surface area contributed by atoms with E-state index in [2.05, 4.69) is 10.3 Å². The van der Waals surface area contributed by atoms with E-state index in [1.54, 1.807) is 15.0 Å². The van der Waals surface area contributed by atoms with Crippen LogP contribution in [0.1, 0.15) is 49.5 Å². The third-order valence-corrected chi connectivity index (χ3v) is 4.49. The second kappa shape index (κ2) is 6.93. The van der Waals surface area contributed by atoms with E-state index < -0.39 is 0 Å². The molecule has 3 N–H and O–H groups in total. The molecule has 0 amide bonds. The summed E-state index contributed by atoms with van der Waals surface area (Å²) in [5.74, 6) is 1.64. The van der Waals surface area contributed by atoms with Gasteiger partial charge in [0.2, 0.25) is 11.0 Å². The van der Waals surface area contributed by atoms with E-state index in [0.717, 1.165) is 24.4 Å². The molecule has 0 aromatic carbocycles. The average Bonchev–Trinajstić information content (AvgIpc) is 2.72. The van der Waals surface area contributed by atoms with Crippen molar-refractivity contribution in [1.82, 2.24) is 9.38 Å². The van der Waals surface area contributed by atoms with Gasteiger partial charge in [0.1, 0.15) is 5.69 Å². The summed E-state index contributed by atoms with van der Waals surface area (Å²) in [4.78, 5) is 16.3. The largest absolute Gasteiger partial charge is 1.00 e. The van der Waals surface area contributed by atoms with Crippen molar-refractivity contribution >= 4 is 34.9 Å². The Bertz CT molecular complexity index is 737. The predicted octanol–water partition coefficient (Wildman–Crippen LogP) is -0.425. The van der Waals surface area contributed by atoms with Gasteiger partial charge in [-0.15, -0.1) is 0 Å². The maximum atomic E-state index is 12.0. The molecule has 23 heavy (non-hydrogen) atoms. The minimum Gasteiger partial charge on any atom is -1.00 e. The van der Waals surface area contributed by atoms with Gasteiger partial charge in [0, 0.05) is 19.0 Å². The van der Waals surface area contributed by atoms with E-state index in [-0.39, 0.29) is 23.5 Å². The normalized spacial score (nSPS) is 15.4. The van der Waals surface area contributed by atoms with Crippen molar-refractivity contribution in [3.05, 3.63) is 16.9 Å². The molecule has 0 radical (unpaired) electrons. The van der Waals surface area contributed by atoms with Crippen LogP contribution < -0.4 is 28.0 Å². The minimum absolute atomic E-state index is 0. The fourth-order valence-electron chi connectivity index (χ4n) is 3.26. The number of nitrogens with zero attached hydrogens (tertiary/aromatic N) is 3. The molecular weight excluding hydrogens is 337 g/mol. The molecule has 126 valence electrons. The summed E-state index contributed by atoms with van der Waals surface area (Å²) in [5.41, 5.74) is 6.92. The number of nitrogens with one attached hydrogen (secondary N) is 1. The summed E-state index contributed by atoms with van der Waals surface area (Å²) < 4.78 is 3.32. The van der Waals surface area contributed by atoms with E-state index in [0.29, 0.717) is 17.6 Å². The van der Waals surface area contributed by atoms with Crippen molar-refractivity contribution in [2.24, 2.45) is 0 Å². The minimum atomic E-state index is -0.110. The average molecular weight is 358 g/mol. The van der Waals surface area contributed by atoms with Gasteiger partial charge in [-0.25, -0.2) is 0 Å². The highest BCUT2D eigenvalue weighted by molar-refractivity contribution is 6.29. The van der Waals surface area contributed by atoms with Crippen LogP contribution in [0.4, 0.5) is 11.6 Å². The Morgan fingerprint density at radius 2 is 2.09 bits per heavy atom. The summed E-state index contributed by atoms with van der Waals surface area (Å²) in [7, 11) is 0. The first-order valence-electron chi connectivity index (χ1n) is 7.65. The molecule has 2 aromatic heterocycles. The number of halogens is 2. The van der Waals surface area contributed by atoms with Crippen LogP contribution in [0.25, 0.3) is 5.78 Å². The number of nitrogen functional groups attached to an aromatic ring is 1. The van der Waals surface area contributed by atoms with Gasteiger partial charge in [-0.05, 0) is 31.4 Å². The second-order valence-corrected chi connectivity index (χ2v) is 6.29. The van der Waals surface area contributed by atoms with Crippen LogP contribution in [-0.4, -0.2) is 21.3 Å². The van der Waals surface area contributed by atoms with Crippen LogP contribution in [0.5, 0.6) is 0 Å². The van der Waals surface area contributed by atoms with Crippen molar-refractivity contribution in [1.29, 1.82) is 0 Å². The predicted molar refractivity (Wildman–Crippen MR) is 86.3 cm³/mol. The van der Waals surface area contributed by atoms with Gasteiger partial charge in [-0.3, -0.25) is 4.79 Å². The molecule has 6 nitrogen and oxygen atoms in total. The molecule has 0 atom stereocenters. The second-order valence-electron chi connectivity index (χ2n) is 5.91. The first kappa shape index (κ1) is 17.8. The Balaban J connectivity index is 0.00000192. The number of nitrogens with two attached hydrogens (primary N) is 1. The lowest BCUT2D eigenvalue weighted by Crippen LogP contribution is -3.00. The van der Waals surface area contributed by atoms with Gasteiger partial charge in [0.25, 0.3) is 5.91 Å². The van der Waals surface area contributed by atoms with E-state index in [1.807, 2.05) is 6.92 Å². The third kappa shape index (κ3) is 3.23. The first-order chi connectivity index (χ1) is 10.5. The molecule has 1 saturated carbocycles. The van der Waals surface area contributed by atoms with Gasteiger partial charge in [-0.2, -0.15) is 8.97 Å². The van der Waals surface area contributed by atoms with E-state index in [4.69, 9.17) is 17.3 Å². The van der Waals surface area contributed by atoms with Gasteiger partial charge in [-0.1, -0.05) is 24.2 Å². The van der Waals surface area contributed by atoms with Gasteiger partial charge in [0.15, 0.2) is 5.82 Å². The van der Waals surface area contributed by atoms with Crippen molar-refractivity contribution in [3.8, 4) is 0 Å². The van der Waals surface area contributed by atoms with Gasteiger partial charge in [0.05, 0.1) is 0 Å². The molecule has 0 spiro atoms. The fraction of sp³-hybridized carbons (Fsp3) is 0.533. The molecule has 8 heteroatoms. The molecule has 0 bridgehead atoms. The Morgan fingerprint density at radius 1 is 1.43 bits per heavy atom. The molecular formula is C15H21Cl2N5O. The van der Waals surface area contributed by atoms with E-state index in [1.165, 1.54) is 26.2 Å². The molecule has 1 aliphatic carbocycles. The third-order valence-electron chi connectivity index (χ3n) is 4.29.